The maximum absolute atomic E-state index is 11.5. The summed E-state index contributed by atoms with van der Waals surface area (Å²) in [5, 5.41) is 13.8. The number of anilines is 2. The largest absolute Gasteiger partial charge is 0.325 e. The summed E-state index contributed by atoms with van der Waals surface area (Å²) in [6, 6.07) is 15.9. The Bertz CT molecular complexity index is 1010. The van der Waals surface area contributed by atoms with Crippen LogP contribution in [0.4, 0.5) is 10.8 Å². The summed E-state index contributed by atoms with van der Waals surface area (Å²) in [7, 11) is 0. The van der Waals surface area contributed by atoms with E-state index >= 15 is 0 Å². The normalized spacial score (nSPS) is 10.5. The molecule has 3 aromatic rings. The lowest BCUT2D eigenvalue weighted by atomic mass is 10.0. The van der Waals surface area contributed by atoms with E-state index in [1.807, 2.05) is 36.4 Å². The van der Waals surface area contributed by atoms with Crippen LogP contribution in [0.3, 0.4) is 0 Å². The minimum absolute atomic E-state index is 0.0336. The number of hydrogen-bond donors (Lipinski definition) is 6. The van der Waals surface area contributed by atoms with Crippen molar-refractivity contribution in [2.45, 2.75) is 31.1 Å². The number of carbonyl (C=O) groups excluding carboxylic acids is 1. The van der Waals surface area contributed by atoms with Gasteiger partial charge in [-0.25, -0.2) is 10.8 Å². The molecular weight excluding hydrogens is 416 g/mol. The number of nitrogens with two attached hydrogens (primary N) is 1. The van der Waals surface area contributed by atoms with Crippen molar-refractivity contribution in [1.82, 2.24) is 10.4 Å². The number of nitrogens with zero attached hydrogens (tertiary/aromatic N) is 1. The molecule has 0 aliphatic heterocycles. The van der Waals surface area contributed by atoms with Gasteiger partial charge in [0.25, 0.3) is 0 Å². The average Bonchev–Trinajstić information content (AvgIpc) is 3.09. The molecule has 0 radical (unpaired) electrons. The Balaban J connectivity index is 1.71. The first-order valence-electron chi connectivity index (χ1n) is 9.38. The van der Waals surface area contributed by atoms with E-state index in [0.717, 1.165) is 46.0 Å². The van der Waals surface area contributed by atoms with E-state index in [1.54, 1.807) is 0 Å². The van der Waals surface area contributed by atoms with E-state index in [4.69, 9.17) is 11.3 Å². The van der Waals surface area contributed by atoms with Crippen LogP contribution in [0.25, 0.3) is 0 Å². The Morgan fingerprint density at radius 1 is 1.07 bits per heavy atom. The van der Waals surface area contributed by atoms with Gasteiger partial charge in [0.05, 0.1) is 5.69 Å². The van der Waals surface area contributed by atoms with Crippen molar-refractivity contribution in [3.8, 4) is 0 Å². The van der Waals surface area contributed by atoms with Crippen LogP contribution in [0.2, 0.25) is 0 Å². The number of rotatable bonds is 7. The Morgan fingerprint density at radius 2 is 1.73 bits per heavy atom. The van der Waals surface area contributed by atoms with Gasteiger partial charge in [-0.2, -0.15) is 0 Å². The van der Waals surface area contributed by atoms with Crippen LogP contribution in [0.1, 0.15) is 28.6 Å². The highest BCUT2D eigenvalue weighted by molar-refractivity contribution is 7.80. The minimum atomic E-state index is -0.123. The average molecular weight is 441 g/mol. The third-order valence-corrected chi connectivity index (χ3v) is 5.69. The van der Waals surface area contributed by atoms with Gasteiger partial charge in [0.15, 0.2) is 5.13 Å². The molecule has 9 heteroatoms. The summed E-state index contributed by atoms with van der Waals surface area (Å²) in [5.74, 6) is 5.11. The van der Waals surface area contributed by atoms with Crippen LogP contribution in [-0.4, -0.2) is 16.9 Å². The predicted molar refractivity (Wildman–Crippen MR) is 125 cm³/mol. The number of hydrogen-bond acceptors (Lipinski definition) is 6. The van der Waals surface area contributed by atoms with E-state index in [2.05, 4.69) is 45.8 Å². The van der Waals surface area contributed by atoms with Crippen molar-refractivity contribution < 1.29 is 4.79 Å². The number of thiazole rings is 1. The molecular formula is C21H24N6OS2. The number of nitrogens with one attached hydrogen (secondary N) is 4. The predicted octanol–water partition coefficient (Wildman–Crippen LogP) is 3.58. The molecule has 30 heavy (non-hydrogen) atoms. The molecule has 3 rings (SSSR count). The van der Waals surface area contributed by atoms with Crippen molar-refractivity contribution in [3.63, 3.8) is 0 Å². The number of aryl methyl sites for hydroxylation is 2. The van der Waals surface area contributed by atoms with Gasteiger partial charge in [0.2, 0.25) is 11.9 Å². The molecule has 0 fully saturated rings. The fourth-order valence-corrected chi connectivity index (χ4v) is 4.16. The topological polar surface area (TPSA) is 116 Å². The SMILES string of the molecule is CC(=O)Nc1nc(CCc2ccc(NC(=N)NN)cc2)c(Cc2ccc(S)cc2)s1. The third-order valence-electron chi connectivity index (χ3n) is 4.38. The van der Waals surface area contributed by atoms with Crippen molar-refractivity contribution in [3.05, 3.63) is 70.2 Å². The Labute approximate surface area is 185 Å². The highest BCUT2D eigenvalue weighted by Crippen LogP contribution is 2.27. The van der Waals surface area contributed by atoms with Crippen molar-refractivity contribution >= 4 is 46.7 Å². The first kappa shape index (κ1) is 21.8. The minimum Gasteiger partial charge on any atom is -0.325 e. The Kier molecular flexibility index (Phi) is 7.45. The maximum Gasteiger partial charge on any atom is 0.223 e. The smallest absolute Gasteiger partial charge is 0.223 e. The number of guanidine groups is 1. The molecule has 0 unspecified atom stereocenters. The van der Waals surface area contributed by atoms with Crippen LogP contribution in [0, 0.1) is 5.41 Å². The maximum atomic E-state index is 11.5. The van der Waals surface area contributed by atoms with Gasteiger partial charge in [-0.3, -0.25) is 15.6 Å². The second-order valence-electron chi connectivity index (χ2n) is 6.75. The quantitative estimate of drug-likeness (QED) is 0.110. The fourth-order valence-electron chi connectivity index (χ4n) is 2.92. The second-order valence-corrected chi connectivity index (χ2v) is 8.35. The van der Waals surface area contributed by atoms with Crippen LogP contribution in [0.15, 0.2) is 53.4 Å². The molecule has 6 N–H and O–H groups in total. The lowest BCUT2D eigenvalue weighted by Gasteiger charge is -2.08. The van der Waals surface area contributed by atoms with Crippen LogP contribution >= 0.6 is 24.0 Å². The summed E-state index contributed by atoms with van der Waals surface area (Å²) in [6.07, 6.45) is 2.35. The molecule has 156 valence electrons. The van der Waals surface area contributed by atoms with E-state index in [1.165, 1.54) is 23.8 Å². The van der Waals surface area contributed by atoms with E-state index in [0.29, 0.717) is 5.13 Å². The molecule has 0 atom stereocenters. The Hall–Kier alpha value is -2.88. The number of hydrazine groups is 1. The van der Waals surface area contributed by atoms with Gasteiger partial charge < -0.3 is 10.6 Å². The fraction of sp³-hybridized carbons (Fsp3) is 0.190. The molecule has 0 bridgehead atoms. The number of thiol groups is 1. The van der Waals surface area contributed by atoms with Crippen molar-refractivity contribution in [2.75, 3.05) is 10.6 Å². The molecule has 1 amide bonds. The zero-order valence-electron chi connectivity index (χ0n) is 16.5. The number of benzene rings is 2. The van der Waals surface area contributed by atoms with Gasteiger partial charge >= 0.3 is 0 Å². The number of aromatic nitrogens is 1. The molecule has 7 nitrogen and oxygen atoms in total. The van der Waals surface area contributed by atoms with Gasteiger partial charge in [-0.05, 0) is 48.2 Å². The zero-order valence-corrected chi connectivity index (χ0v) is 18.2. The van der Waals surface area contributed by atoms with Crippen molar-refractivity contribution in [2.24, 2.45) is 5.84 Å². The number of carbonyl (C=O) groups is 1. The number of amides is 1. The lowest BCUT2D eigenvalue weighted by Crippen LogP contribution is -2.35. The van der Waals surface area contributed by atoms with E-state index < -0.39 is 0 Å². The first-order valence-corrected chi connectivity index (χ1v) is 10.6. The summed E-state index contributed by atoms with van der Waals surface area (Å²) in [4.78, 5) is 18.2. The summed E-state index contributed by atoms with van der Waals surface area (Å²) in [5.41, 5.74) is 6.37. The molecule has 0 aliphatic rings. The highest BCUT2D eigenvalue weighted by Gasteiger charge is 2.13. The lowest BCUT2D eigenvalue weighted by molar-refractivity contribution is -0.114. The summed E-state index contributed by atoms with van der Waals surface area (Å²) in [6.45, 7) is 1.49. The molecule has 1 heterocycles. The molecule has 2 aromatic carbocycles. The van der Waals surface area contributed by atoms with E-state index in [-0.39, 0.29) is 11.9 Å². The van der Waals surface area contributed by atoms with Crippen LogP contribution < -0.4 is 21.9 Å². The Morgan fingerprint density at radius 3 is 2.37 bits per heavy atom. The molecule has 0 aliphatic carbocycles. The van der Waals surface area contributed by atoms with E-state index in [9.17, 15) is 4.79 Å². The zero-order chi connectivity index (χ0) is 21.5. The molecule has 1 aromatic heterocycles. The molecule has 0 saturated heterocycles. The van der Waals surface area contributed by atoms with Gasteiger partial charge in [-0.1, -0.05) is 24.3 Å². The van der Waals surface area contributed by atoms with Crippen LogP contribution in [0.5, 0.6) is 0 Å². The monoisotopic (exact) mass is 440 g/mol. The van der Waals surface area contributed by atoms with Gasteiger partial charge in [-0.15, -0.1) is 24.0 Å². The van der Waals surface area contributed by atoms with Crippen molar-refractivity contribution in [1.29, 1.82) is 5.41 Å². The third kappa shape index (κ3) is 6.31. The van der Waals surface area contributed by atoms with Gasteiger partial charge in [0, 0.05) is 28.8 Å². The van der Waals surface area contributed by atoms with Gasteiger partial charge in [0.1, 0.15) is 0 Å². The molecule has 0 spiro atoms. The van der Waals surface area contributed by atoms with Crippen LogP contribution in [-0.2, 0) is 24.1 Å². The summed E-state index contributed by atoms with van der Waals surface area (Å²) >= 11 is 5.86. The molecule has 0 saturated carbocycles. The standard InChI is InChI=1S/C21H24N6OS2/c1-13(28)24-21-26-18(19(30-21)12-15-4-9-17(29)10-5-15)11-6-14-2-7-16(8-3-14)25-20(22)27-23/h2-5,7-10,29H,6,11-12,23H2,1H3,(H3,22,25,27)(H,24,26,28). The highest BCUT2D eigenvalue weighted by atomic mass is 32.1. The second kappa shape index (κ2) is 10.2. The first-order chi connectivity index (χ1) is 14.4. The summed E-state index contributed by atoms with van der Waals surface area (Å²) < 4.78 is 0.